The van der Waals surface area contributed by atoms with E-state index >= 15 is 0 Å². The molecule has 2 heterocycles. The Bertz CT molecular complexity index is 380. The lowest BCUT2D eigenvalue weighted by molar-refractivity contribution is 0.209. The molecule has 4 nitrogen and oxygen atoms in total. The van der Waals surface area contributed by atoms with E-state index in [1.165, 1.54) is 0 Å². The molecule has 1 aliphatic heterocycles. The molecule has 0 aliphatic carbocycles. The van der Waals surface area contributed by atoms with Crippen molar-refractivity contribution in [3.8, 4) is 0 Å². The van der Waals surface area contributed by atoms with Crippen LogP contribution in [-0.4, -0.2) is 22.5 Å². The number of aromatic nitrogens is 1. The first-order valence-corrected chi connectivity index (χ1v) is 5.21. The van der Waals surface area contributed by atoms with Crippen molar-refractivity contribution in [3.05, 3.63) is 22.4 Å². The Balaban J connectivity index is 2.40. The molecule has 0 aromatic carbocycles. The molecule has 1 aromatic rings. The van der Waals surface area contributed by atoms with Gasteiger partial charge in [-0.3, -0.25) is 0 Å². The number of carbonyl (C=O) groups excluding carboxylic acids is 1. The topological polar surface area (TPSA) is 45.2 Å². The van der Waals surface area contributed by atoms with E-state index in [2.05, 4.69) is 26.2 Å². The van der Waals surface area contributed by atoms with E-state index in [0.29, 0.717) is 13.1 Å². The van der Waals surface area contributed by atoms with Gasteiger partial charge in [-0.05, 0) is 28.9 Å². The van der Waals surface area contributed by atoms with Gasteiger partial charge < -0.3 is 10.2 Å². The monoisotopic (exact) mass is 255 g/mol. The predicted octanol–water partition coefficient (Wildman–Crippen LogP) is 2.21. The number of hydrogen-bond acceptors (Lipinski definition) is 2. The molecule has 0 atom stereocenters. The Morgan fingerprint density at radius 3 is 3.21 bits per heavy atom. The summed E-state index contributed by atoms with van der Waals surface area (Å²) in [7, 11) is 0. The Hall–Kier alpha value is -1.10. The largest absolute Gasteiger partial charge is 0.322 e. The summed E-state index contributed by atoms with van der Waals surface area (Å²) in [5.41, 5.74) is 1.88. The number of urea groups is 1. The summed E-state index contributed by atoms with van der Waals surface area (Å²) in [6.45, 7) is 3.27. The summed E-state index contributed by atoms with van der Waals surface area (Å²) >= 11 is 3.37. The summed E-state index contributed by atoms with van der Waals surface area (Å²) in [6, 6.07) is 1.77. The van der Waals surface area contributed by atoms with Crippen LogP contribution in [0.25, 0.3) is 0 Å². The third-order valence-electron chi connectivity index (χ3n) is 2.26. The average molecular weight is 256 g/mol. The van der Waals surface area contributed by atoms with Crippen LogP contribution in [-0.2, 0) is 6.54 Å². The lowest BCUT2D eigenvalue weighted by Gasteiger charge is -2.28. The van der Waals surface area contributed by atoms with Crippen LogP contribution in [0.4, 0.5) is 10.5 Å². The van der Waals surface area contributed by atoms with Crippen LogP contribution >= 0.6 is 15.9 Å². The minimum absolute atomic E-state index is 0.0434. The van der Waals surface area contributed by atoms with Crippen LogP contribution in [0.2, 0.25) is 0 Å². The Labute approximate surface area is 90.4 Å². The smallest absolute Gasteiger partial charge is 0.320 e. The van der Waals surface area contributed by atoms with Crippen LogP contribution in [0.15, 0.2) is 16.9 Å². The summed E-state index contributed by atoms with van der Waals surface area (Å²) in [5.74, 6) is 0. The summed E-state index contributed by atoms with van der Waals surface area (Å²) in [6.07, 6.45) is 1.67. The molecule has 0 saturated carbocycles. The minimum Gasteiger partial charge on any atom is -0.320 e. The highest BCUT2D eigenvalue weighted by Gasteiger charge is 2.22. The van der Waals surface area contributed by atoms with Crippen LogP contribution in [0.1, 0.15) is 12.5 Å². The molecular weight excluding hydrogens is 246 g/mol. The summed E-state index contributed by atoms with van der Waals surface area (Å²) in [5, 5.41) is 2.82. The van der Waals surface area contributed by atoms with Crippen LogP contribution in [0.3, 0.4) is 0 Å². The number of fused-ring (bicyclic) bond motifs is 1. The number of nitrogens with zero attached hydrogens (tertiary/aromatic N) is 2. The highest BCUT2D eigenvalue weighted by atomic mass is 79.9. The van der Waals surface area contributed by atoms with Crippen molar-refractivity contribution < 1.29 is 4.79 Å². The maximum Gasteiger partial charge on any atom is 0.322 e. The van der Waals surface area contributed by atoms with Crippen molar-refractivity contribution >= 4 is 27.6 Å². The van der Waals surface area contributed by atoms with Crippen molar-refractivity contribution in [2.45, 2.75) is 13.5 Å². The predicted molar refractivity (Wildman–Crippen MR) is 57.0 cm³/mol. The van der Waals surface area contributed by atoms with Gasteiger partial charge in [-0.2, -0.15) is 0 Å². The lowest BCUT2D eigenvalue weighted by Crippen LogP contribution is -2.38. The van der Waals surface area contributed by atoms with Gasteiger partial charge in [0.25, 0.3) is 0 Å². The first kappa shape index (κ1) is 9.45. The second-order valence-electron chi connectivity index (χ2n) is 3.07. The number of nitrogens with one attached hydrogen (secondary N) is 1. The molecule has 2 rings (SSSR count). The third-order valence-corrected chi connectivity index (χ3v) is 2.95. The number of pyridine rings is 1. The molecule has 0 radical (unpaired) electrons. The van der Waals surface area contributed by atoms with Gasteiger partial charge in [0.05, 0.1) is 12.2 Å². The zero-order valence-electron chi connectivity index (χ0n) is 7.75. The van der Waals surface area contributed by atoms with Crippen molar-refractivity contribution in [3.63, 3.8) is 0 Å². The molecule has 0 bridgehead atoms. The molecule has 0 spiro atoms. The normalized spacial score (nSPS) is 15.0. The van der Waals surface area contributed by atoms with Gasteiger partial charge in [-0.1, -0.05) is 0 Å². The van der Waals surface area contributed by atoms with E-state index in [0.717, 1.165) is 15.9 Å². The number of rotatable bonds is 1. The van der Waals surface area contributed by atoms with E-state index < -0.39 is 0 Å². The van der Waals surface area contributed by atoms with Gasteiger partial charge in [-0.15, -0.1) is 0 Å². The van der Waals surface area contributed by atoms with Crippen molar-refractivity contribution in [2.24, 2.45) is 0 Å². The Morgan fingerprint density at radius 2 is 2.50 bits per heavy atom. The molecule has 1 aliphatic rings. The molecular formula is C9H10BrN3O. The Morgan fingerprint density at radius 1 is 1.71 bits per heavy atom. The van der Waals surface area contributed by atoms with Crippen LogP contribution < -0.4 is 5.32 Å². The van der Waals surface area contributed by atoms with Crippen LogP contribution in [0, 0.1) is 0 Å². The SMILES string of the molecule is CCN1Cc2c(ccnc2Br)NC1=O. The lowest BCUT2D eigenvalue weighted by atomic mass is 10.2. The van der Waals surface area contributed by atoms with Gasteiger partial charge in [0.2, 0.25) is 0 Å². The van der Waals surface area contributed by atoms with Crippen molar-refractivity contribution in [1.29, 1.82) is 0 Å². The van der Waals surface area contributed by atoms with E-state index in [-0.39, 0.29) is 6.03 Å². The van der Waals surface area contributed by atoms with Gasteiger partial charge >= 0.3 is 6.03 Å². The van der Waals surface area contributed by atoms with E-state index in [4.69, 9.17) is 0 Å². The van der Waals surface area contributed by atoms with Gasteiger partial charge in [0.1, 0.15) is 4.60 Å². The average Bonchev–Trinajstić information content (AvgIpc) is 2.17. The standard InChI is InChI=1S/C9H10BrN3O/c1-2-13-5-6-7(12-9(13)14)3-4-11-8(6)10/h3-4H,2,5H2,1H3,(H,12,14). The zero-order chi connectivity index (χ0) is 10.1. The maximum absolute atomic E-state index is 11.5. The number of anilines is 1. The Kier molecular flexibility index (Phi) is 2.41. The fourth-order valence-electron chi connectivity index (χ4n) is 1.45. The third kappa shape index (κ3) is 1.48. The van der Waals surface area contributed by atoms with E-state index in [9.17, 15) is 4.79 Å². The van der Waals surface area contributed by atoms with Gasteiger partial charge in [0.15, 0.2) is 0 Å². The quantitative estimate of drug-likeness (QED) is 0.783. The summed E-state index contributed by atoms with van der Waals surface area (Å²) < 4.78 is 0.799. The van der Waals surface area contributed by atoms with Crippen molar-refractivity contribution in [2.75, 3.05) is 11.9 Å². The molecule has 5 heteroatoms. The number of carbonyl (C=O) groups is 1. The fraction of sp³-hybridized carbons (Fsp3) is 0.333. The molecule has 2 amide bonds. The molecule has 74 valence electrons. The minimum atomic E-state index is -0.0434. The summed E-state index contributed by atoms with van der Waals surface area (Å²) in [4.78, 5) is 17.3. The second kappa shape index (κ2) is 3.57. The van der Waals surface area contributed by atoms with Gasteiger partial charge in [0, 0.05) is 18.3 Å². The molecule has 14 heavy (non-hydrogen) atoms. The zero-order valence-corrected chi connectivity index (χ0v) is 9.34. The van der Waals surface area contributed by atoms with E-state index in [1.807, 2.05) is 13.0 Å². The molecule has 1 N–H and O–H groups in total. The molecule has 0 saturated heterocycles. The first-order valence-electron chi connectivity index (χ1n) is 4.41. The number of hydrogen-bond donors (Lipinski definition) is 1. The number of amides is 2. The molecule has 1 aromatic heterocycles. The fourth-order valence-corrected chi connectivity index (χ4v) is 1.90. The number of halogens is 1. The van der Waals surface area contributed by atoms with Crippen LogP contribution in [0.5, 0.6) is 0 Å². The highest BCUT2D eigenvalue weighted by Crippen LogP contribution is 2.27. The van der Waals surface area contributed by atoms with Crippen molar-refractivity contribution in [1.82, 2.24) is 9.88 Å². The first-order chi connectivity index (χ1) is 6.72. The highest BCUT2D eigenvalue weighted by molar-refractivity contribution is 9.10. The van der Waals surface area contributed by atoms with Gasteiger partial charge in [-0.25, -0.2) is 9.78 Å². The maximum atomic E-state index is 11.5. The second-order valence-corrected chi connectivity index (χ2v) is 3.82. The molecule has 0 fully saturated rings. The van der Waals surface area contributed by atoms with E-state index in [1.54, 1.807) is 11.1 Å². The molecule has 0 unspecified atom stereocenters.